The molecule has 0 saturated heterocycles. The van der Waals surface area contributed by atoms with Gasteiger partial charge in [-0.05, 0) is 19.1 Å². The highest BCUT2D eigenvalue weighted by Gasteiger charge is 2.11. The minimum Gasteiger partial charge on any atom is -0.206 e. The number of benzene rings is 1. The third kappa shape index (κ3) is 0.932. The van der Waals surface area contributed by atoms with Gasteiger partial charge in [0.05, 0.1) is 5.39 Å². The first kappa shape index (κ1) is 7.68. The first-order valence-electron chi connectivity index (χ1n) is 3.53. The van der Waals surface area contributed by atoms with Crippen LogP contribution in [0.25, 0.3) is 10.1 Å². The van der Waals surface area contributed by atoms with Gasteiger partial charge in [0, 0.05) is 9.58 Å². The Hall–Kier alpha value is -0.960. The Morgan fingerprint density at radius 2 is 2.00 bits per heavy atom. The number of thiophene rings is 1. The topological polar surface area (TPSA) is 0 Å². The molecule has 0 aliphatic carbocycles. The molecule has 1 aromatic carbocycles. The number of fused-ring (bicyclic) bond motifs is 1. The van der Waals surface area contributed by atoms with Gasteiger partial charge in [-0.25, -0.2) is 8.78 Å². The van der Waals surface area contributed by atoms with E-state index >= 15 is 0 Å². The molecule has 1 aromatic heterocycles. The number of hydrogen-bond donors (Lipinski definition) is 0. The fraction of sp³-hybridized carbons (Fsp3) is 0.111. The van der Waals surface area contributed by atoms with Gasteiger partial charge in [-0.15, -0.1) is 11.3 Å². The quantitative estimate of drug-likeness (QED) is 0.588. The normalized spacial score (nSPS) is 10.9. The Labute approximate surface area is 72.4 Å². The predicted octanol–water partition coefficient (Wildman–Crippen LogP) is 3.49. The van der Waals surface area contributed by atoms with E-state index in [1.807, 2.05) is 0 Å². The molecule has 0 radical (unpaired) electrons. The van der Waals surface area contributed by atoms with Crippen LogP contribution in [0.15, 0.2) is 18.2 Å². The van der Waals surface area contributed by atoms with Crippen molar-refractivity contribution in [3.05, 3.63) is 34.7 Å². The average Bonchev–Trinajstić information content (AvgIpc) is 2.29. The minimum atomic E-state index is -0.477. The standard InChI is InChI=1S/C9H6F2S/c1-5-9(11)8-6(10)3-2-4-7(8)12-5/h2-4H,1H3. The smallest absolute Gasteiger partial charge is 0.147 e. The zero-order valence-electron chi connectivity index (χ0n) is 6.40. The first-order valence-corrected chi connectivity index (χ1v) is 4.35. The van der Waals surface area contributed by atoms with Crippen LogP contribution >= 0.6 is 11.3 Å². The van der Waals surface area contributed by atoms with E-state index in [2.05, 4.69) is 0 Å². The number of halogens is 2. The second kappa shape index (κ2) is 2.52. The summed E-state index contributed by atoms with van der Waals surface area (Å²) in [5.74, 6) is -0.901. The van der Waals surface area contributed by atoms with Crippen molar-refractivity contribution in [3.63, 3.8) is 0 Å². The third-order valence-electron chi connectivity index (χ3n) is 1.77. The van der Waals surface area contributed by atoms with E-state index in [-0.39, 0.29) is 5.39 Å². The lowest BCUT2D eigenvalue weighted by Crippen LogP contribution is -1.77. The molecule has 0 saturated carbocycles. The maximum Gasteiger partial charge on any atom is 0.147 e. The molecule has 3 heteroatoms. The Morgan fingerprint density at radius 1 is 1.25 bits per heavy atom. The van der Waals surface area contributed by atoms with E-state index in [9.17, 15) is 8.78 Å². The van der Waals surface area contributed by atoms with Gasteiger partial charge in [0.25, 0.3) is 0 Å². The molecule has 0 amide bonds. The highest BCUT2D eigenvalue weighted by atomic mass is 32.1. The summed E-state index contributed by atoms with van der Waals surface area (Å²) in [4.78, 5) is 0.537. The summed E-state index contributed by atoms with van der Waals surface area (Å²) in [6.45, 7) is 1.65. The van der Waals surface area contributed by atoms with Crippen LogP contribution in [0, 0.1) is 18.6 Å². The van der Waals surface area contributed by atoms with Gasteiger partial charge in [-0.1, -0.05) is 6.07 Å². The molecule has 1 heterocycles. The van der Waals surface area contributed by atoms with Crippen LogP contribution in [-0.4, -0.2) is 0 Å². The lowest BCUT2D eigenvalue weighted by atomic mass is 10.2. The molecule has 2 aromatic rings. The lowest BCUT2D eigenvalue weighted by Gasteiger charge is -1.90. The molecule has 0 bridgehead atoms. The fourth-order valence-corrected chi connectivity index (χ4v) is 2.15. The van der Waals surface area contributed by atoms with Gasteiger partial charge in [0.2, 0.25) is 0 Å². The van der Waals surface area contributed by atoms with Crippen molar-refractivity contribution >= 4 is 21.4 Å². The van der Waals surface area contributed by atoms with Crippen LogP contribution in [0.1, 0.15) is 4.88 Å². The highest BCUT2D eigenvalue weighted by molar-refractivity contribution is 7.19. The minimum absolute atomic E-state index is 0.125. The molecule has 2 rings (SSSR count). The number of aryl methyl sites for hydroxylation is 1. The Kier molecular flexibility index (Phi) is 1.61. The van der Waals surface area contributed by atoms with Gasteiger partial charge in [-0.2, -0.15) is 0 Å². The van der Waals surface area contributed by atoms with Gasteiger partial charge < -0.3 is 0 Å². The van der Waals surface area contributed by atoms with Crippen LogP contribution in [0.2, 0.25) is 0 Å². The second-order valence-electron chi connectivity index (χ2n) is 2.59. The van der Waals surface area contributed by atoms with Gasteiger partial charge in [0.15, 0.2) is 0 Å². The third-order valence-corrected chi connectivity index (χ3v) is 2.81. The van der Waals surface area contributed by atoms with E-state index in [1.165, 1.54) is 17.4 Å². The van der Waals surface area contributed by atoms with E-state index in [1.54, 1.807) is 19.1 Å². The van der Waals surface area contributed by atoms with Crippen molar-refractivity contribution in [2.75, 3.05) is 0 Å². The molecule has 0 atom stereocenters. The van der Waals surface area contributed by atoms with E-state index < -0.39 is 11.6 Å². The Bertz CT molecular complexity index is 431. The molecule has 0 unspecified atom stereocenters. The summed E-state index contributed by atoms with van der Waals surface area (Å²) in [5.41, 5.74) is 0. The Morgan fingerprint density at radius 3 is 2.67 bits per heavy atom. The van der Waals surface area contributed by atoms with Crippen LogP contribution in [0.5, 0.6) is 0 Å². The molecule has 0 fully saturated rings. The number of rotatable bonds is 0. The van der Waals surface area contributed by atoms with Gasteiger partial charge in [-0.3, -0.25) is 0 Å². The monoisotopic (exact) mass is 184 g/mol. The summed E-state index contributed by atoms with van der Waals surface area (Å²) >= 11 is 1.28. The van der Waals surface area contributed by atoms with Gasteiger partial charge >= 0.3 is 0 Å². The van der Waals surface area contributed by atoms with Gasteiger partial charge in [0.1, 0.15) is 11.6 Å². The molecule has 0 N–H and O–H groups in total. The van der Waals surface area contributed by atoms with Crippen LogP contribution in [-0.2, 0) is 0 Å². The summed E-state index contributed by atoms with van der Waals surface area (Å²) in [6.07, 6.45) is 0. The van der Waals surface area contributed by atoms with E-state index in [4.69, 9.17) is 0 Å². The second-order valence-corrected chi connectivity index (χ2v) is 3.84. The van der Waals surface area contributed by atoms with Crippen molar-refractivity contribution in [1.29, 1.82) is 0 Å². The Balaban J connectivity index is 2.97. The van der Waals surface area contributed by atoms with Crippen LogP contribution in [0.3, 0.4) is 0 Å². The lowest BCUT2D eigenvalue weighted by molar-refractivity contribution is 0.607. The highest BCUT2D eigenvalue weighted by Crippen LogP contribution is 2.30. The molecular weight excluding hydrogens is 178 g/mol. The van der Waals surface area contributed by atoms with Crippen molar-refractivity contribution < 1.29 is 8.78 Å². The van der Waals surface area contributed by atoms with Crippen molar-refractivity contribution in [3.8, 4) is 0 Å². The average molecular weight is 184 g/mol. The molecular formula is C9H6F2S. The number of hydrogen-bond acceptors (Lipinski definition) is 1. The summed E-state index contributed by atoms with van der Waals surface area (Å²) < 4.78 is 26.9. The largest absolute Gasteiger partial charge is 0.206 e. The molecule has 0 spiro atoms. The molecule has 0 aliphatic heterocycles. The fourth-order valence-electron chi connectivity index (χ4n) is 1.19. The zero-order valence-corrected chi connectivity index (χ0v) is 7.21. The van der Waals surface area contributed by atoms with Crippen LogP contribution in [0.4, 0.5) is 8.78 Å². The molecule has 62 valence electrons. The molecule has 0 nitrogen and oxygen atoms in total. The zero-order chi connectivity index (χ0) is 8.72. The summed E-state index contributed by atoms with van der Waals surface area (Å²) in [6, 6.07) is 4.59. The van der Waals surface area contributed by atoms with E-state index in [0.29, 0.717) is 9.58 Å². The maximum absolute atomic E-state index is 13.2. The SMILES string of the molecule is Cc1sc2cccc(F)c2c1F. The van der Waals surface area contributed by atoms with E-state index in [0.717, 1.165) is 0 Å². The maximum atomic E-state index is 13.2. The predicted molar refractivity (Wildman–Crippen MR) is 46.5 cm³/mol. The van der Waals surface area contributed by atoms with Crippen molar-refractivity contribution in [2.24, 2.45) is 0 Å². The summed E-state index contributed by atoms with van der Waals surface area (Å²) in [7, 11) is 0. The molecule has 12 heavy (non-hydrogen) atoms. The van der Waals surface area contributed by atoms with Crippen molar-refractivity contribution in [2.45, 2.75) is 6.92 Å². The first-order chi connectivity index (χ1) is 5.70. The van der Waals surface area contributed by atoms with Crippen LogP contribution < -0.4 is 0 Å². The molecule has 0 aliphatic rings. The summed E-state index contributed by atoms with van der Waals surface area (Å²) in [5, 5.41) is 0.125. The van der Waals surface area contributed by atoms with Crippen molar-refractivity contribution in [1.82, 2.24) is 0 Å².